The molecule has 1 fully saturated rings. The Balaban J connectivity index is 1.57. The van der Waals surface area contributed by atoms with E-state index in [2.05, 4.69) is 5.32 Å². The number of nitrogens with one attached hydrogen (secondary N) is 1. The van der Waals surface area contributed by atoms with Gasteiger partial charge in [0.25, 0.3) is 5.91 Å². The van der Waals surface area contributed by atoms with E-state index in [0.29, 0.717) is 0 Å². The van der Waals surface area contributed by atoms with Gasteiger partial charge >= 0.3 is 5.97 Å². The zero-order chi connectivity index (χ0) is 16.1. The molecule has 2 aromatic rings. The van der Waals surface area contributed by atoms with Crippen LogP contribution in [0.1, 0.15) is 32.1 Å². The van der Waals surface area contributed by atoms with Crippen molar-refractivity contribution in [3.8, 4) is 0 Å². The van der Waals surface area contributed by atoms with E-state index in [1.807, 2.05) is 42.5 Å². The van der Waals surface area contributed by atoms with Crippen molar-refractivity contribution in [2.45, 2.75) is 32.1 Å². The zero-order valence-corrected chi connectivity index (χ0v) is 13.1. The number of anilines is 1. The first-order chi connectivity index (χ1) is 11.2. The third kappa shape index (κ3) is 3.89. The number of hydrogen-bond acceptors (Lipinski definition) is 3. The lowest BCUT2D eigenvalue weighted by Gasteiger charge is -2.19. The third-order valence-corrected chi connectivity index (χ3v) is 4.35. The topological polar surface area (TPSA) is 55.4 Å². The van der Waals surface area contributed by atoms with Gasteiger partial charge in [0.15, 0.2) is 6.61 Å². The summed E-state index contributed by atoms with van der Waals surface area (Å²) in [4.78, 5) is 24.0. The number of ether oxygens (including phenoxy) is 1. The van der Waals surface area contributed by atoms with Crippen LogP contribution >= 0.6 is 0 Å². The molecule has 3 rings (SSSR count). The van der Waals surface area contributed by atoms with Crippen LogP contribution in [0.3, 0.4) is 0 Å². The molecule has 0 unspecified atom stereocenters. The Labute approximate surface area is 135 Å². The van der Waals surface area contributed by atoms with Crippen molar-refractivity contribution in [1.82, 2.24) is 0 Å². The molecule has 0 aromatic heterocycles. The molecule has 0 radical (unpaired) electrons. The Bertz CT molecular complexity index is 699. The molecule has 0 saturated heterocycles. The Morgan fingerprint density at radius 2 is 1.74 bits per heavy atom. The van der Waals surface area contributed by atoms with Crippen LogP contribution in [0, 0.1) is 5.92 Å². The fourth-order valence-electron chi connectivity index (χ4n) is 3.11. The summed E-state index contributed by atoms with van der Waals surface area (Å²) in [5.41, 5.74) is 0.738. The standard InChI is InChI=1S/C19H21NO3/c21-18(13-23-19(22)15-8-2-1-3-9-15)20-17-12-6-10-14-7-4-5-11-16(14)17/h4-7,10-12,15H,1-3,8-9,13H2,(H,20,21). The fourth-order valence-corrected chi connectivity index (χ4v) is 3.11. The molecular weight excluding hydrogens is 290 g/mol. The number of fused-ring (bicyclic) bond motifs is 1. The van der Waals surface area contributed by atoms with Crippen molar-refractivity contribution in [2.75, 3.05) is 11.9 Å². The molecule has 0 atom stereocenters. The maximum atomic E-state index is 12.1. The number of amides is 1. The lowest BCUT2D eigenvalue weighted by Crippen LogP contribution is -2.26. The summed E-state index contributed by atoms with van der Waals surface area (Å²) in [7, 11) is 0. The Morgan fingerprint density at radius 3 is 2.57 bits per heavy atom. The van der Waals surface area contributed by atoms with Gasteiger partial charge in [-0.1, -0.05) is 55.7 Å². The summed E-state index contributed by atoms with van der Waals surface area (Å²) in [6.07, 6.45) is 5.09. The van der Waals surface area contributed by atoms with Crippen LogP contribution in [0.15, 0.2) is 42.5 Å². The van der Waals surface area contributed by atoms with E-state index >= 15 is 0 Å². The first-order valence-electron chi connectivity index (χ1n) is 8.18. The smallest absolute Gasteiger partial charge is 0.309 e. The van der Waals surface area contributed by atoms with Crippen LogP contribution in [0.4, 0.5) is 5.69 Å². The Hall–Kier alpha value is -2.36. The van der Waals surface area contributed by atoms with Crippen molar-refractivity contribution in [3.05, 3.63) is 42.5 Å². The lowest BCUT2D eigenvalue weighted by atomic mass is 9.89. The first-order valence-corrected chi connectivity index (χ1v) is 8.18. The average molecular weight is 311 g/mol. The number of carbonyl (C=O) groups is 2. The van der Waals surface area contributed by atoms with E-state index < -0.39 is 0 Å². The van der Waals surface area contributed by atoms with E-state index in [1.165, 1.54) is 6.42 Å². The third-order valence-electron chi connectivity index (χ3n) is 4.35. The fraction of sp³-hybridized carbons (Fsp3) is 0.368. The predicted molar refractivity (Wildman–Crippen MR) is 90.1 cm³/mol. The minimum atomic E-state index is -0.300. The molecule has 1 aliphatic rings. The highest BCUT2D eigenvalue weighted by Gasteiger charge is 2.23. The quantitative estimate of drug-likeness (QED) is 0.871. The maximum Gasteiger partial charge on any atom is 0.309 e. The number of benzene rings is 2. The second-order valence-electron chi connectivity index (χ2n) is 6.02. The molecule has 1 N–H and O–H groups in total. The van der Waals surface area contributed by atoms with Gasteiger partial charge in [0.2, 0.25) is 0 Å². The summed E-state index contributed by atoms with van der Waals surface area (Å²) in [6.45, 7) is -0.224. The molecule has 0 aliphatic heterocycles. The Kier molecular flexibility index (Phi) is 4.91. The molecule has 1 aliphatic carbocycles. The van der Waals surface area contributed by atoms with Gasteiger partial charge in [0.1, 0.15) is 0 Å². The van der Waals surface area contributed by atoms with Gasteiger partial charge in [-0.15, -0.1) is 0 Å². The molecule has 23 heavy (non-hydrogen) atoms. The summed E-state index contributed by atoms with van der Waals surface area (Å²) >= 11 is 0. The van der Waals surface area contributed by atoms with Gasteiger partial charge in [-0.3, -0.25) is 9.59 Å². The number of hydrogen-bond donors (Lipinski definition) is 1. The van der Waals surface area contributed by atoms with Crippen molar-refractivity contribution < 1.29 is 14.3 Å². The largest absolute Gasteiger partial charge is 0.455 e. The molecule has 2 aromatic carbocycles. The molecule has 1 amide bonds. The molecule has 1 saturated carbocycles. The molecule has 0 spiro atoms. The molecule has 4 nitrogen and oxygen atoms in total. The van der Waals surface area contributed by atoms with Gasteiger partial charge in [-0.25, -0.2) is 0 Å². The van der Waals surface area contributed by atoms with Crippen LogP contribution < -0.4 is 5.32 Å². The van der Waals surface area contributed by atoms with Crippen molar-refractivity contribution in [2.24, 2.45) is 5.92 Å². The highest BCUT2D eigenvalue weighted by atomic mass is 16.5. The van der Waals surface area contributed by atoms with Crippen LogP contribution in [-0.4, -0.2) is 18.5 Å². The van der Waals surface area contributed by atoms with E-state index in [1.54, 1.807) is 0 Å². The second-order valence-corrected chi connectivity index (χ2v) is 6.02. The predicted octanol–water partition coefficient (Wildman–Crippen LogP) is 3.90. The summed E-state index contributed by atoms with van der Waals surface area (Å²) in [6, 6.07) is 13.6. The normalized spacial score (nSPS) is 15.3. The second kappa shape index (κ2) is 7.27. The number of rotatable bonds is 4. The van der Waals surface area contributed by atoms with Crippen LogP contribution in [0.2, 0.25) is 0 Å². The molecule has 0 heterocycles. The summed E-state index contributed by atoms with van der Waals surface area (Å²) in [5.74, 6) is -0.572. The van der Waals surface area contributed by atoms with Gasteiger partial charge in [-0.2, -0.15) is 0 Å². The van der Waals surface area contributed by atoms with E-state index in [-0.39, 0.29) is 24.4 Å². The zero-order valence-electron chi connectivity index (χ0n) is 13.1. The minimum absolute atomic E-state index is 0.0332. The lowest BCUT2D eigenvalue weighted by molar-refractivity contribution is -0.152. The number of carbonyl (C=O) groups excluding carboxylic acids is 2. The monoisotopic (exact) mass is 311 g/mol. The first kappa shape index (κ1) is 15.5. The summed E-state index contributed by atoms with van der Waals surface area (Å²) < 4.78 is 5.18. The SMILES string of the molecule is O=C(COC(=O)C1CCCCC1)Nc1cccc2ccccc12. The van der Waals surface area contributed by atoms with Crippen molar-refractivity contribution in [3.63, 3.8) is 0 Å². The molecular formula is C19H21NO3. The molecule has 120 valence electrons. The Morgan fingerprint density at radius 1 is 1.00 bits per heavy atom. The maximum absolute atomic E-state index is 12.1. The minimum Gasteiger partial charge on any atom is -0.455 e. The van der Waals surface area contributed by atoms with Gasteiger partial charge < -0.3 is 10.1 Å². The van der Waals surface area contributed by atoms with Crippen molar-refractivity contribution >= 4 is 28.3 Å². The van der Waals surface area contributed by atoms with Crippen LogP contribution in [0.25, 0.3) is 10.8 Å². The molecule has 4 heteroatoms. The average Bonchev–Trinajstić information content (AvgIpc) is 2.61. The van der Waals surface area contributed by atoms with E-state index in [9.17, 15) is 9.59 Å². The van der Waals surface area contributed by atoms with Crippen LogP contribution in [-0.2, 0) is 14.3 Å². The van der Waals surface area contributed by atoms with Crippen molar-refractivity contribution in [1.29, 1.82) is 0 Å². The van der Waals surface area contributed by atoms with Crippen LogP contribution in [0.5, 0.6) is 0 Å². The van der Waals surface area contributed by atoms with Gasteiger partial charge in [0, 0.05) is 11.1 Å². The highest BCUT2D eigenvalue weighted by molar-refractivity contribution is 6.02. The highest BCUT2D eigenvalue weighted by Crippen LogP contribution is 2.25. The summed E-state index contributed by atoms with van der Waals surface area (Å²) in [5, 5.41) is 4.86. The van der Waals surface area contributed by atoms with E-state index in [4.69, 9.17) is 4.74 Å². The van der Waals surface area contributed by atoms with Gasteiger partial charge in [0.05, 0.1) is 5.92 Å². The number of esters is 1. The molecule has 0 bridgehead atoms. The van der Waals surface area contributed by atoms with E-state index in [0.717, 1.165) is 42.1 Å². The van der Waals surface area contributed by atoms with Gasteiger partial charge in [-0.05, 0) is 24.3 Å².